The van der Waals surface area contributed by atoms with Crippen LogP contribution in [0.5, 0.6) is 0 Å². The zero-order valence-corrected chi connectivity index (χ0v) is 6.97. The molecule has 74 valence electrons. The molecule has 14 heavy (non-hydrogen) atoms. The molecule has 0 aliphatic heterocycles. The number of nitrogens with zero attached hydrogens (tertiary/aromatic N) is 1. The smallest absolute Gasteiger partial charge is 0.337 e. The molecule has 0 aliphatic rings. The van der Waals surface area contributed by atoms with Crippen molar-refractivity contribution in [1.29, 1.82) is 0 Å². The highest BCUT2D eigenvalue weighted by molar-refractivity contribution is 5.94. The second kappa shape index (κ2) is 3.84. The minimum Gasteiger partial charge on any atom is -0.478 e. The maximum absolute atomic E-state index is 10.6. The predicted molar refractivity (Wildman–Crippen MR) is 44.1 cm³/mol. The summed E-state index contributed by atoms with van der Waals surface area (Å²) in [4.78, 5) is 24.6. The normalized spacial score (nSPS) is 9.79. The van der Waals surface area contributed by atoms with Gasteiger partial charge in [-0.3, -0.25) is 4.98 Å². The quantitative estimate of drug-likeness (QED) is 0.628. The van der Waals surface area contributed by atoms with Gasteiger partial charge >= 0.3 is 11.9 Å². The Morgan fingerprint density at radius 1 is 1.29 bits per heavy atom. The Hall–Kier alpha value is -1.95. The lowest BCUT2D eigenvalue weighted by Gasteiger charge is -2.02. The highest BCUT2D eigenvalue weighted by atomic mass is 16.4. The van der Waals surface area contributed by atoms with E-state index in [9.17, 15) is 9.59 Å². The van der Waals surface area contributed by atoms with Crippen LogP contribution in [0.25, 0.3) is 0 Å². The molecule has 1 aromatic heterocycles. The van der Waals surface area contributed by atoms with E-state index in [1.165, 1.54) is 0 Å². The Kier molecular flexibility index (Phi) is 2.78. The fourth-order valence-electron chi connectivity index (χ4n) is 0.921. The summed E-state index contributed by atoms with van der Waals surface area (Å²) in [6, 6.07) is 0.962. The zero-order valence-electron chi connectivity index (χ0n) is 6.97. The molecule has 0 fully saturated rings. The fraction of sp³-hybridized carbons (Fsp3) is 0.125. The number of carbonyl (C=O) groups is 2. The SMILES string of the molecule is O=C(O)c1cnc(CO)c(C(=O)O)c1. The lowest BCUT2D eigenvalue weighted by atomic mass is 10.1. The van der Waals surface area contributed by atoms with Crippen molar-refractivity contribution in [1.82, 2.24) is 4.98 Å². The second-order valence-electron chi connectivity index (χ2n) is 2.49. The van der Waals surface area contributed by atoms with Gasteiger partial charge in [0, 0.05) is 6.20 Å². The Balaban J connectivity index is 3.27. The van der Waals surface area contributed by atoms with E-state index >= 15 is 0 Å². The average Bonchev–Trinajstić information content (AvgIpc) is 2.16. The molecule has 0 bridgehead atoms. The minimum absolute atomic E-state index is 0.0532. The van der Waals surface area contributed by atoms with E-state index in [1.807, 2.05) is 0 Å². The summed E-state index contributed by atoms with van der Waals surface area (Å²) in [5.41, 5.74) is -0.575. The number of hydrogen-bond donors (Lipinski definition) is 3. The number of aliphatic hydroxyl groups excluding tert-OH is 1. The number of pyridine rings is 1. The third-order valence-electron chi connectivity index (χ3n) is 1.60. The van der Waals surface area contributed by atoms with Crippen molar-refractivity contribution >= 4 is 11.9 Å². The van der Waals surface area contributed by atoms with Crippen LogP contribution in [0.4, 0.5) is 0 Å². The van der Waals surface area contributed by atoms with Crippen LogP contribution < -0.4 is 0 Å². The van der Waals surface area contributed by atoms with Gasteiger partial charge in [-0.2, -0.15) is 0 Å². The Morgan fingerprint density at radius 3 is 2.36 bits per heavy atom. The molecule has 0 saturated heterocycles. The molecule has 0 saturated carbocycles. The lowest BCUT2D eigenvalue weighted by molar-refractivity contribution is 0.0692. The summed E-state index contributed by atoms with van der Waals surface area (Å²) in [7, 11) is 0. The first-order valence-corrected chi connectivity index (χ1v) is 3.62. The molecule has 0 atom stereocenters. The summed E-state index contributed by atoms with van der Waals surface area (Å²) < 4.78 is 0. The van der Waals surface area contributed by atoms with Crippen molar-refractivity contribution in [2.24, 2.45) is 0 Å². The monoisotopic (exact) mass is 197 g/mol. The van der Waals surface area contributed by atoms with Crippen molar-refractivity contribution in [3.63, 3.8) is 0 Å². The number of carboxylic acid groups (broad SMARTS) is 2. The first-order valence-electron chi connectivity index (χ1n) is 3.62. The first-order chi connectivity index (χ1) is 6.56. The highest BCUT2D eigenvalue weighted by Crippen LogP contribution is 2.09. The van der Waals surface area contributed by atoms with E-state index in [4.69, 9.17) is 15.3 Å². The maximum atomic E-state index is 10.6. The third-order valence-corrected chi connectivity index (χ3v) is 1.60. The van der Waals surface area contributed by atoms with Crippen LogP contribution in [0.15, 0.2) is 12.3 Å². The van der Waals surface area contributed by atoms with Gasteiger partial charge in [0.05, 0.1) is 23.4 Å². The van der Waals surface area contributed by atoms with Gasteiger partial charge < -0.3 is 15.3 Å². The van der Waals surface area contributed by atoms with Crippen LogP contribution in [0.1, 0.15) is 26.4 Å². The molecule has 0 aliphatic carbocycles. The van der Waals surface area contributed by atoms with Gasteiger partial charge in [-0.1, -0.05) is 0 Å². The second-order valence-corrected chi connectivity index (χ2v) is 2.49. The van der Waals surface area contributed by atoms with Gasteiger partial charge in [0.15, 0.2) is 0 Å². The average molecular weight is 197 g/mol. The van der Waals surface area contributed by atoms with Crippen LogP contribution in [-0.4, -0.2) is 32.2 Å². The van der Waals surface area contributed by atoms with Gasteiger partial charge in [0.25, 0.3) is 0 Å². The number of aromatic nitrogens is 1. The molecule has 0 radical (unpaired) electrons. The van der Waals surface area contributed by atoms with Crippen molar-refractivity contribution in [3.8, 4) is 0 Å². The largest absolute Gasteiger partial charge is 0.478 e. The van der Waals surface area contributed by atoms with Crippen molar-refractivity contribution < 1.29 is 24.9 Å². The molecule has 6 heteroatoms. The molecule has 6 nitrogen and oxygen atoms in total. The third kappa shape index (κ3) is 1.86. The van der Waals surface area contributed by atoms with Crippen LogP contribution >= 0.6 is 0 Å². The summed E-state index contributed by atoms with van der Waals surface area (Å²) >= 11 is 0. The molecule has 0 unspecified atom stereocenters. The molecule has 1 rings (SSSR count). The molecule has 0 amide bonds. The number of aromatic carboxylic acids is 2. The van der Waals surface area contributed by atoms with Crippen molar-refractivity contribution in [3.05, 3.63) is 29.1 Å². The number of aliphatic hydroxyl groups is 1. The molecular weight excluding hydrogens is 190 g/mol. The van der Waals surface area contributed by atoms with Crippen LogP contribution in [-0.2, 0) is 6.61 Å². The van der Waals surface area contributed by atoms with Crippen LogP contribution in [0, 0.1) is 0 Å². The fourth-order valence-corrected chi connectivity index (χ4v) is 0.921. The van der Waals surface area contributed by atoms with Crippen molar-refractivity contribution in [2.75, 3.05) is 0 Å². The van der Waals surface area contributed by atoms with E-state index in [2.05, 4.69) is 4.98 Å². The van der Waals surface area contributed by atoms with Gasteiger partial charge in [0.1, 0.15) is 0 Å². The predicted octanol–water partition coefficient (Wildman–Crippen LogP) is -0.0297. The summed E-state index contributed by atoms with van der Waals surface area (Å²) in [6.45, 7) is -0.540. The molecule has 1 heterocycles. The van der Waals surface area contributed by atoms with Gasteiger partial charge in [-0.25, -0.2) is 9.59 Å². The van der Waals surface area contributed by atoms with E-state index in [-0.39, 0.29) is 16.8 Å². The summed E-state index contributed by atoms with van der Waals surface area (Å²) in [5, 5.41) is 25.9. The summed E-state index contributed by atoms with van der Waals surface area (Å²) in [6.07, 6.45) is 1.00. The van der Waals surface area contributed by atoms with E-state index < -0.39 is 18.5 Å². The molecule has 0 aromatic carbocycles. The highest BCUT2D eigenvalue weighted by Gasteiger charge is 2.14. The van der Waals surface area contributed by atoms with Gasteiger partial charge in [0.2, 0.25) is 0 Å². The van der Waals surface area contributed by atoms with Gasteiger partial charge in [-0.05, 0) is 6.07 Å². The number of hydrogen-bond acceptors (Lipinski definition) is 4. The minimum atomic E-state index is -1.32. The zero-order chi connectivity index (χ0) is 10.7. The van der Waals surface area contributed by atoms with E-state index in [1.54, 1.807) is 0 Å². The maximum Gasteiger partial charge on any atom is 0.337 e. The Bertz CT molecular complexity index is 387. The summed E-state index contributed by atoms with van der Waals surface area (Å²) in [5.74, 6) is -2.57. The van der Waals surface area contributed by atoms with Crippen molar-refractivity contribution in [2.45, 2.75) is 6.61 Å². The molecule has 3 N–H and O–H groups in total. The van der Waals surface area contributed by atoms with E-state index in [0.717, 1.165) is 12.3 Å². The molecular formula is C8H7NO5. The number of rotatable bonds is 3. The van der Waals surface area contributed by atoms with Crippen LogP contribution in [0.2, 0.25) is 0 Å². The topological polar surface area (TPSA) is 108 Å². The first kappa shape index (κ1) is 10.1. The Morgan fingerprint density at radius 2 is 1.93 bits per heavy atom. The van der Waals surface area contributed by atoms with Gasteiger partial charge in [-0.15, -0.1) is 0 Å². The van der Waals surface area contributed by atoms with Crippen LogP contribution in [0.3, 0.4) is 0 Å². The lowest BCUT2D eigenvalue weighted by Crippen LogP contribution is -2.08. The Labute approximate surface area is 78.5 Å². The molecule has 0 spiro atoms. The van der Waals surface area contributed by atoms with E-state index in [0.29, 0.717) is 0 Å². The molecule has 1 aromatic rings. The standard InChI is InChI=1S/C8H7NO5/c10-3-6-5(8(13)14)1-4(2-9-6)7(11)12/h1-2,10H,3H2,(H,11,12)(H,13,14). The number of carboxylic acids is 2.